The lowest BCUT2D eigenvalue weighted by atomic mass is 9.99. The molecule has 3 aromatic rings. The van der Waals surface area contributed by atoms with Crippen LogP contribution >= 0.6 is 0 Å². The number of pyridine rings is 1. The van der Waals surface area contributed by atoms with Crippen LogP contribution in [0.25, 0.3) is 22.6 Å². The molecular weight excluding hydrogens is 400 g/mol. The highest BCUT2D eigenvalue weighted by molar-refractivity contribution is 5.94. The van der Waals surface area contributed by atoms with Gasteiger partial charge in [-0.25, -0.2) is 4.79 Å². The molecule has 10 nitrogen and oxygen atoms in total. The highest BCUT2D eigenvalue weighted by Gasteiger charge is 2.47. The summed E-state index contributed by atoms with van der Waals surface area (Å²) in [5.74, 6) is 0.167. The van der Waals surface area contributed by atoms with Gasteiger partial charge in [0.25, 0.3) is 0 Å². The lowest BCUT2D eigenvalue weighted by Crippen LogP contribution is -2.33. The number of anilines is 1. The number of methoxy groups -OCH3 is 1. The highest BCUT2D eigenvalue weighted by atomic mass is 16.6. The first-order valence-corrected chi connectivity index (χ1v) is 9.94. The predicted octanol–water partition coefficient (Wildman–Crippen LogP) is 2.14. The van der Waals surface area contributed by atoms with Gasteiger partial charge in [0.05, 0.1) is 25.9 Å². The lowest BCUT2D eigenvalue weighted by Gasteiger charge is -2.16. The third-order valence-corrected chi connectivity index (χ3v) is 5.67. The zero-order chi connectivity index (χ0) is 21.5. The number of amides is 1. The van der Waals surface area contributed by atoms with Gasteiger partial charge in [-0.05, 0) is 47.4 Å². The van der Waals surface area contributed by atoms with E-state index >= 15 is 0 Å². The molecule has 1 saturated heterocycles. The normalized spacial score (nSPS) is 19.2. The number of hydrogen-bond acceptors (Lipinski definition) is 8. The maximum absolute atomic E-state index is 12.4. The number of hydrogen-bond donors (Lipinski definition) is 0. The molecule has 2 aliphatic heterocycles. The van der Waals surface area contributed by atoms with Crippen LogP contribution in [0.1, 0.15) is 18.4 Å². The Kier molecular flexibility index (Phi) is 4.61. The van der Waals surface area contributed by atoms with Crippen LogP contribution in [0.2, 0.25) is 0 Å². The number of fused-ring (bicyclic) bond motifs is 3. The highest BCUT2D eigenvalue weighted by Crippen LogP contribution is 2.41. The minimum absolute atomic E-state index is 0.106. The van der Waals surface area contributed by atoms with Crippen molar-refractivity contribution < 1.29 is 19.1 Å². The van der Waals surface area contributed by atoms with E-state index in [0.717, 1.165) is 22.4 Å². The van der Waals surface area contributed by atoms with Crippen LogP contribution in [0, 0.1) is 0 Å². The summed E-state index contributed by atoms with van der Waals surface area (Å²) in [5.41, 5.74) is 4.53. The van der Waals surface area contributed by atoms with Gasteiger partial charge in [0, 0.05) is 18.2 Å². The minimum atomic E-state index is -0.367. The van der Waals surface area contributed by atoms with Crippen molar-refractivity contribution in [2.45, 2.75) is 31.4 Å². The molecule has 2 aromatic heterocycles. The van der Waals surface area contributed by atoms with Crippen LogP contribution in [-0.2, 0) is 27.7 Å². The number of carbonyl (C=O) groups is 2. The summed E-state index contributed by atoms with van der Waals surface area (Å²) in [6.45, 7) is 0. The Hall–Kier alpha value is -3.82. The lowest BCUT2D eigenvalue weighted by molar-refractivity contribution is -0.141. The minimum Gasteiger partial charge on any atom is -0.469 e. The second kappa shape index (κ2) is 7.46. The molecule has 0 radical (unpaired) electrons. The Morgan fingerprint density at radius 3 is 2.81 bits per heavy atom. The molecule has 5 rings (SSSR count). The van der Waals surface area contributed by atoms with E-state index in [1.54, 1.807) is 18.1 Å². The average molecular weight is 420 g/mol. The van der Waals surface area contributed by atoms with Gasteiger partial charge in [-0.3, -0.25) is 14.7 Å². The van der Waals surface area contributed by atoms with E-state index in [-0.39, 0.29) is 30.6 Å². The van der Waals surface area contributed by atoms with Crippen LogP contribution in [0.4, 0.5) is 10.5 Å². The summed E-state index contributed by atoms with van der Waals surface area (Å²) >= 11 is 0. The van der Waals surface area contributed by atoms with Crippen molar-refractivity contribution in [3.05, 3.63) is 42.1 Å². The Bertz CT molecular complexity index is 1160. The molecule has 31 heavy (non-hydrogen) atoms. The number of cyclic esters (lactones) is 1. The van der Waals surface area contributed by atoms with Gasteiger partial charge in [-0.2, -0.15) is 4.80 Å². The summed E-state index contributed by atoms with van der Waals surface area (Å²) in [6, 6.07) is 9.70. The van der Waals surface area contributed by atoms with Gasteiger partial charge in [0.1, 0.15) is 11.8 Å². The molecule has 10 heteroatoms. The van der Waals surface area contributed by atoms with Crippen molar-refractivity contribution in [1.29, 1.82) is 0 Å². The summed E-state index contributed by atoms with van der Waals surface area (Å²) < 4.78 is 10.2. The van der Waals surface area contributed by atoms with E-state index in [1.807, 2.05) is 24.3 Å². The van der Waals surface area contributed by atoms with Gasteiger partial charge >= 0.3 is 12.1 Å². The number of tetrazole rings is 1. The van der Waals surface area contributed by atoms with E-state index in [2.05, 4.69) is 26.5 Å². The number of benzene rings is 1. The molecule has 1 aromatic carbocycles. The van der Waals surface area contributed by atoms with Gasteiger partial charge in [-0.15, -0.1) is 10.2 Å². The quantitative estimate of drug-likeness (QED) is 0.577. The van der Waals surface area contributed by atoms with Gasteiger partial charge in [-0.1, -0.05) is 12.1 Å². The van der Waals surface area contributed by atoms with Crippen molar-refractivity contribution >= 4 is 17.7 Å². The van der Waals surface area contributed by atoms with Crippen LogP contribution in [0.15, 0.2) is 36.5 Å². The third kappa shape index (κ3) is 3.39. The number of carbonyl (C=O) groups excluding carboxylic acids is 2. The second-order valence-electron chi connectivity index (χ2n) is 7.56. The summed E-state index contributed by atoms with van der Waals surface area (Å²) in [5, 5.41) is 12.0. The first-order valence-electron chi connectivity index (χ1n) is 9.94. The maximum atomic E-state index is 12.4. The van der Waals surface area contributed by atoms with Crippen molar-refractivity contribution in [2.24, 2.45) is 7.05 Å². The van der Waals surface area contributed by atoms with Crippen LogP contribution in [-0.4, -0.2) is 56.5 Å². The molecule has 1 fully saturated rings. The summed E-state index contributed by atoms with van der Waals surface area (Å²) in [7, 11) is 3.06. The molecule has 0 unspecified atom stereocenters. The predicted molar refractivity (Wildman–Crippen MR) is 109 cm³/mol. The zero-order valence-electron chi connectivity index (χ0n) is 17.1. The Morgan fingerprint density at radius 2 is 2.10 bits per heavy atom. The SMILES string of the molecule is COC(=O)CC[C@@H]1OC(=O)N2c3ccc(-c4ccc(-c5nnn(C)n5)nc4)cc3C[C@@H]12. The topological polar surface area (TPSA) is 112 Å². The van der Waals surface area contributed by atoms with Gasteiger partial charge in [0.15, 0.2) is 0 Å². The standard InChI is InChI=1S/C21H20N6O4/c1-26-24-20(23-25-26)15-5-3-13(11-22-15)12-4-6-16-14(9-12)10-17-18(7-8-19(28)30-2)31-21(29)27(16)17/h3-6,9,11,17-18H,7-8,10H2,1-2H3/t17-,18-/m0/s1. The number of ether oxygens (including phenoxy) is 2. The van der Waals surface area contributed by atoms with Crippen molar-refractivity contribution in [2.75, 3.05) is 12.0 Å². The Morgan fingerprint density at radius 1 is 1.26 bits per heavy atom. The first kappa shape index (κ1) is 19.2. The molecule has 0 aliphatic carbocycles. The molecule has 158 valence electrons. The van der Waals surface area contributed by atoms with Crippen LogP contribution in [0.3, 0.4) is 0 Å². The maximum Gasteiger partial charge on any atom is 0.415 e. The Balaban J connectivity index is 1.36. The van der Waals surface area contributed by atoms with Crippen molar-refractivity contribution in [3.63, 3.8) is 0 Å². The molecule has 2 atom stereocenters. The number of esters is 1. The number of aryl methyl sites for hydroxylation is 1. The number of nitrogens with zero attached hydrogens (tertiary/aromatic N) is 6. The van der Waals surface area contributed by atoms with E-state index in [1.165, 1.54) is 11.9 Å². The molecule has 0 N–H and O–H groups in total. The molecule has 4 heterocycles. The monoisotopic (exact) mass is 420 g/mol. The molecular formula is C21H20N6O4. The second-order valence-corrected chi connectivity index (χ2v) is 7.56. The number of rotatable bonds is 5. The zero-order valence-corrected chi connectivity index (χ0v) is 17.1. The van der Waals surface area contributed by atoms with Crippen molar-refractivity contribution in [3.8, 4) is 22.6 Å². The molecule has 1 amide bonds. The number of aromatic nitrogens is 5. The fraction of sp³-hybridized carbons (Fsp3) is 0.333. The van der Waals surface area contributed by atoms with E-state index in [0.29, 0.717) is 24.4 Å². The van der Waals surface area contributed by atoms with E-state index in [9.17, 15) is 9.59 Å². The van der Waals surface area contributed by atoms with E-state index in [4.69, 9.17) is 9.47 Å². The van der Waals surface area contributed by atoms with E-state index < -0.39 is 0 Å². The van der Waals surface area contributed by atoms with Crippen molar-refractivity contribution in [1.82, 2.24) is 25.2 Å². The third-order valence-electron chi connectivity index (χ3n) is 5.67. The smallest absolute Gasteiger partial charge is 0.415 e. The first-order chi connectivity index (χ1) is 15.0. The summed E-state index contributed by atoms with van der Waals surface area (Å²) in [4.78, 5) is 31.5. The van der Waals surface area contributed by atoms with Crippen LogP contribution < -0.4 is 4.90 Å². The summed E-state index contributed by atoms with van der Waals surface area (Å²) in [6.07, 6.45) is 2.42. The van der Waals surface area contributed by atoms with Gasteiger partial charge in [0.2, 0.25) is 5.82 Å². The molecule has 2 aliphatic rings. The average Bonchev–Trinajstić information content (AvgIpc) is 3.46. The Labute approximate surface area is 177 Å². The molecule has 0 saturated carbocycles. The molecule has 0 bridgehead atoms. The van der Waals surface area contributed by atoms with Crippen LogP contribution in [0.5, 0.6) is 0 Å². The fourth-order valence-corrected chi connectivity index (χ4v) is 4.15. The largest absolute Gasteiger partial charge is 0.469 e. The molecule has 0 spiro atoms. The fourth-order valence-electron chi connectivity index (χ4n) is 4.15. The van der Waals surface area contributed by atoms with Gasteiger partial charge < -0.3 is 9.47 Å².